The first-order valence-corrected chi connectivity index (χ1v) is 9.14. The van der Waals surface area contributed by atoms with E-state index in [-0.39, 0.29) is 31.7 Å². The van der Waals surface area contributed by atoms with Crippen LogP contribution in [-0.2, 0) is 16.1 Å². The molecule has 0 fully saturated rings. The number of ether oxygens (including phenoxy) is 2. The average Bonchev–Trinajstić information content (AvgIpc) is 3.19. The van der Waals surface area contributed by atoms with Crippen LogP contribution in [0.15, 0.2) is 42.5 Å². The van der Waals surface area contributed by atoms with Crippen LogP contribution < -0.4 is 30.3 Å². The van der Waals surface area contributed by atoms with Crippen LogP contribution in [0.1, 0.15) is 12.5 Å². The van der Waals surface area contributed by atoms with Crippen molar-refractivity contribution in [3.8, 4) is 11.5 Å². The number of urea groups is 1. The van der Waals surface area contributed by atoms with Crippen molar-refractivity contribution < 1.29 is 23.9 Å². The van der Waals surface area contributed by atoms with Crippen molar-refractivity contribution in [2.75, 3.05) is 23.6 Å². The van der Waals surface area contributed by atoms with Crippen LogP contribution in [0.2, 0.25) is 0 Å². The lowest BCUT2D eigenvalue weighted by molar-refractivity contribution is -0.122. The minimum Gasteiger partial charge on any atom is -0.454 e. The van der Waals surface area contributed by atoms with Crippen LogP contribution >= 0.6 is 0 Å². The summed E-state index contributed by atoms with van der Waals surface area (Å²) in [6, 6.07) is 11.1. The molecule has 2 aromatic rings. The molecule has 3 N–H and O–H groups in total. The summed E-state index contributed by atoms with van der Waals surface area (Å²) in [4.78, 5) is 38.2. The molecule has 1 atom stereocenters. The maximum absolute atomic E-state index is 12.6. The van der Waals surface area contributed by atoms with Gasteiger partial charge in [-0.25, -0.2) is 4.79 Å². The van der Waals surface area contributed by atoms with Gasteiger partial charge >= 0.3 is 6.03 Å². The third-order valence-electron chi connectivity index (χ3n) is 4.65. The van der Waals surface area contributed by atoms with E-state index in [1.807, 2.05) is 6.07 Å². The predicted octanol–water partition coefficient (Wildman–Crippen LogP) is 1.59. The molecule has 9 nitrogen and oxygen atoms in total. The molecule has 0 aromatic heterocycles. The second-order valence-corrected chi connectivity index (χ2v) is 6.73. The smallest absolute Gasteiger partial charge is 0.323 e. The van der Waals surface area contributed by atoms with E-state index in [0.29, 0.717) is 22.9 Å². The zero-order valence-electron chi connectivity index (χ0n) is 15.7. The Morgan fingerprint density at radius 3 is 2.83 bits per heavy atom. The van der Waals surface area contributed by atoms with Crippen molar-refractivity contribution in [3.63, 3.8) is 0 Å². The Labute approximate surface area is 167 Å². The fourth-order valence-electron chi connectivity index (χ4n) is 3.14. The Morgan fingerprint density at radius 2 is 1.97 bits per heavy atom. The molecule has 2 aliphatic heterocycles. The molecule has 0 radical (unpaired) electrons. The summed E-state index contributed by atoms with van der Waals surface area (Å²) in [5, 5.41) is 8.14. The number of para-hydroxylation sites is 2. The lowest BCUT2D eigenvalue weighted by atomic mass is 10.2. The second-order valence-electron chi connectivity index (χ2n) is 6.73. The number of anilines is 2. The Balaban J connectivity index is 1.35. The van der Waals surface area contributed by atoms with Gasteiger partial charge in [-0.05, 0) is 36.8 Å². The van der Waals surface area contributed by atoms with Crippen LogP contribution in [-0.4, -0.2) is 37.2 Å². The monoisotopic (exact) mass is 396 g/mol. The number of hydrogen-bond donors (Lipinski definition) is 3. The quantitative estimate of drug-likeness (QED) is 0.727. The number of benzene rings is 2. The molecule has 4 rings (SSSR count). The average molecular weight is 396 g/mol. The Bertz CT molecular complexity index is 977. The van der Waals surface area contributed by atoms with Crippen LogP contribution in [0.25, 0.3) is 0 Å². The number of nitrogens with zero attached hydrogens (tertiary/aromatic N) is 1. The molecular formula is C20H20N4O5. The van der Waals surface area contributed by atoms with Crippen LogP contribution in [0.3, 0.4) is 0 Å². The number of carbonyl (C=O) groups is 3. The molecule has 29 heavy (non-hydrogen) atoms. The number of carbonyl (C=O) groups excluding carboxylic acids is 3. The summed E-state index contributed by atoms with van der Waals surface area (Å²) in [5.41, 5.74) is 1.99. The highest BCUT2D eigenvalue weighted by Gasteiger charge is 2.28. The Kier molecular flexibility index (Phi) is 4.94. The molecule has 4 amide bonds. The van der Waals surface area contributed by atoms with Gasteiger partial charge < -0.3 is 25.4 Å². The molecule has 2 aromatic carbocycles. The number of nitrogens with one attached hydrogen (secondary N) is 3. The van der Waals surface area contributed by atoms with Crippen LogP contribution in [0.5, 0.6) is 11.5 Å². The molecular weight excluding hydrogens is 376 g/mol. The molecule has 0 saturated carbocycles. The topological polar surface area (TPSA) is 109 Å². The minimum atomic E-state index is -0.784. The van der Waals surface area contributed by atoms with E-state index in [2.05, 4.69) is 16.0 Å². The van der Waals surface area contributed by atoms with Gasteiger partial charge in [0, 0.05) is 6.54 Å². The van der Waals surface area contributed by atoms with E-state index in [0.717, 1.165) is 5.56 Å². The van der Waals surface area contributed by atoms with E-state index >= 15 is 0 Å². The Morgan fingerprint density at radius 1 is 1.17 bits per heavy atom. The van der Waals surface area contributed by atoms with E-state index in [1.54, 1.807) is 43.3 Å². The highest BCUT2D eigenvalue weighted by atomic mass is 16.7. The van der Waals surface area contributed by atoms with Crippen molar-refractivity contribution >= 4 is 29.2 Å². The third-order valence-corrected chi connectivity index (χ3v) is 4.65. The minimum absolute atomic E-state index is 0.117. The van der Waals surface area contributed by atoms with Gasteiger partial charge in [-0.1, -0.05) is 18.2 Å². The molecule has 0 unspecified atom stereocenters. The second kappa shape index (κ2) is 7.70. The SMILES string of the molecule is C[C@@H](NC(=O)N1CC(=O)Nc2ccccc21)C(=O)NCc1ccc2c(c1)OCO2. The zero-order chi connectivity index (χ0) is 20.4. The first kappa shape index (κ1) is 18.6. The van der Waals surface area contributed by atoms with E-state index < -0.39 is 12.1 Å². The highest BCUT2D eigenvalue weighted by molar-refractivity contribution is 6.10. The van der Waals surface area contributed by atoms with Crippen LogP contribution in [0.4, 0.5) is 16.2 Å². The summed E-state index contributed by atoms with van der Waals surface area (Å²) < 4.78 is 10.6. The standard InChI is InChI=1S/C20H20N4O5/c1-12(19(26)21-9-13-6-7-16-17(8-13)29-11-28-16)22-20(27)24-10-18(25)23-14-4-2-3-5-15(14)24/h2-8,12H,9-11H2,1H3,(H,21,26)(H,22,27)(H,23,25)/t12-/m1/s1. The van der Waals surface area contributed by atoms with E-state index in [4.69, 9.17) is 9.47 Å². The number of fused-ring (bicyclic) bond motifs is 2. The first-order chi connectivity index (χ1) is 14.0. The molecule has 0 spiro atoms. The molecule has 0 saturated heterocycles. The highest BCUT2D eigenvalue weighted by Crippen LogP contribution is 2.32. The van der Waals surface area contributed by atoms with Crippen molar-refractivity contribution in [3.05, 3.63) is 48.0 Å². The summed E-state index contributed by atoms with van der Waals surface area (Å²) in [5.74, 6) is 0.677. The van der Waals surface area contributed by atoms with Gasteiger partial charge in [0.2, 0.25) is 18.6 Å². The Hall–Kier alpha value is -3.75. The van der Waals surface area contributed by atoms with Gasteiger partial charge in [0.1, 0.15) is 12.6 Å². The van der Waals surface area contributed by atoms with Crippen molar-refractivity contribution in [1.29, 1.82) is 0 Å². The molecule has 0 aliphatic carbocycles. The lowest BCUT2D eigenvalue weighted by Gasteiger charge is -2.30. The van der Waals surface area contributed by atoms with E-state index in [1.165, 1.54) is 4.90 Å². The van der Waals surface area contributed by atoms with Crippen molar-refractivity contribution in [1.82, 2.24) is 10.6 Å². The first-order valence-electron chi connectivity index (χ1n) is 9.14. The van der Waals surface area contributed by atoms with Gasteiger partial charge in [-0.3, -0.25) is 14.5 Å². The summed E-state index contributed by atoms with van der Waals surface area (Å²) in [6.07, 6.45) is 0. The summed E-state index contributed by atoms with van der Waals surface area (Å²) >= 11 is 0. The zero-order valence-corrected chi connectivity index (χ0v) is 15.7. The largest absolute Gasteiger partial charge is 0.454 e. The maximum Gasteiger partial charge on any atom is 0.323 e. The van der Waals surface area contributed by atoms with Crippen molar-refractivity contribution in [2.24, 2.45) is 0 Å². The summed E-state index contributed by atoms with van der Waals surface area (Å²) in [6.45, 7) is 1.94. The molecule has 0 bridgehead atoms. The number of hydrogen-bond acceptors (Lipinski definition) is 5. The molecule has 2 heterocycles. The normalized spacial score (nSPS) is 15.2. The molecule has 2 aliphatic rings. The predicted molar refractivity (Wildman–Crippen MR) is 105 cm³/mol. The van der Waals surface area contributed by atoms with E-state index in [9.17, 15) is 14.4 Å². The number of rotatable bonds is 4. The summed E-state index contributed by atoms with van der Waals surface area (Å²) in [7, 11) is 0. The lowest BCUT2D eigenvalue weighted by Crippen LogP contribution is -2.52. The van der Waals surface area contributed by atoms with Gasteiger partial charge in [-0.2, -0.15) is 0 Å². The number of amides is 4. The van der Waals surface area contributed by atoms with Gasteiger partial charge in [0.25, 0.3) is 0 Å². The molecule has 150 valence electrons. The molecule has 9 heteroatoms. The third kappa shape index (κ3) is 3.93. The van der Waals surface area contributed by atoms with Gasteiger partial charge in [-0.15, -0.1) is 0 Å². The maximum atomic E-state index is 12.6. The fraction of sp³-hybridized carbons (Fsp3) is 0.250. The van der Waals surface area contributed by atoms with Crippen LogP contribution in [0, 0.1) is 0 Å². The van der Waals surface area contributed by atoms with Gasteiger partial charge in [0.05, 0.1) is 11.4 Å². The van der Waals surface area contributed by atoms with Crippen molar-refractivity contribution in [2.45, 2.75) is 19.5 Å². The fourth-order valence-corrected chi connectivity index (χ4v) is 3.14. The van der Waals surface area contributed by atoms with Gasteiger partial charge in [0.15, 0.2) is 11.5 Å².